The Morgan fingerprint density at radius 2 is 1.82 bits per heavy atom. The summed E-state index contributed by atoms with van der Waals surface area (Å²) in [6, 6.07) is 16.9. The first kappa shape index (κ1) is 21.7. The largest absolute Gasteiger partial charge is 0.444 e. The van der Waals surface area contributed by atoms with Crippen LogP contribution in [0.5, 0.6) is 0 Å². The van der Waals surface area contributed by atoms with E-state index in [9.17, 15) is 9.59 Å². The zero-order valence-electron chi connectivity index (χ0n) is 19.7. The summed E-state index contributed by atoms with van der Waals surface area (Å²) in [6.45, 7) is 10.2. The first-order valence-corrected chi connectivity index (χ1v) is 11.6. The van der Waals surface area contributed by atoms with E-state index in [4.69, 9.17) is 4.74 Å². The van der Waals surface area contributed by atoms with E-state index in [1.807, 2.05) is 50.8 Å². The molecule has 0 radical (unpaired) electrons. The Labute approximate surface area is 194 Å². The predicted octanol–water partition coefficient (Wildman–Crippen LogP) is 4.70. The van der Waals surface area contributed by atoms with Crippen LogP contribution in [0.4, 0.5) is 4.79 Å². The van der Waals surface area contributed by atoms with Gasteiger partial charge in [-0.2, -0.15) is 0 Å². The van der Waals surface area contributed by atoms with Gasteiger partial charge in [-0.05, 0) is 68.3 Å². The molecule has 2 saturated heterocycles. The fourth-order valence-corrected chi connectivity index (χ4v) is 5.11. The van der Waals surface area contributed by atoms with Crippen molar-refractivity contribution in [3.05, 3.63) is 70.0 Å². The third-order valence-electron chi connectivity index (χ3n) is 6.74. The summed E-state index contributed by atoms with van der Waals surface area (Å²) in [6.07, 6.45) is 0.813. The highest BCUT2D eigenvalue weighted by molar-refractivity contribution is 5.87. The molecule has 0 saturated carbocycles. The van der Waals surface area contributed by atoms with Crippen molar-refractivity contribution in [2.24, 2.45) is 0 Å². The van der Waals surface area contributed by atoms with Gasteiger partial charge in [0.05, 0.1) is 0 Å². The molecule has 2 bridgehead atoms. The van der Waals surface area contributed by atoms with Crippen molar-refractivity contribution in [3.63, 3.8) is 0 Å². The molecule has 2 aromatic carbocycles. The normalized spacial score (nSPS) is 20.5. The lowest BCUT2D eigenvalue weighted by Gasteiger charge is -2.35. The number of rotatable bonds is 3. The van der Waals surface area contributed by atoms with Crippen molar-refractivity contribution in [2.75, 3.05) is 13.1 Å². The monoisotopic (exact) mass is 445 g/mol. The second-order valence-corrected chi connectivity index (χ2v) is 10.4. The van der Waals surface area contributed by atoms with E-state index in [2.05, 4.69) is 40.2 Å². The molecule has 3 aromatic rings. The average Bonchev–Trinajstić information content (AvgIpc) is 3.34. The third kappa shape index (κ3) is 4.27. The number of aryl methyl sites for hydroxylation is 1. The van der Waals surface area contributed by atoms with Gasteiger partial charge in [0.25, 0.3) is 5.56 Å². The number of benzene rings is 2. The van der Waals surface area contributed by atoms with Crippen LogP contribution in [0.25, 0.3) is 22.0 Å². The van der Waals surface area contributed by atoms with Crippen LogP contribution in [0.2, 0.25) is 0 Å². The molecule has 0 aliphatic carbocycles. The molecule has 2 fully saturated rings. The molecule has 2 aliphatic heterocycles. The number of carbonyl (C=O) groups is 1. The molecule has 1 aromatic heterocycles. The Kier molecular flexibility index (Phi) is 5.28. The van der Waals surface area contributed by atoms with Crippen molar-refractivity contribution in [1.82, 2.24) is 14.8 Å². The Balaban J connectivity index is 1.27. The van der Waals surface area contributed by atoms with E-state index in [0.29, 0.717) is 6.04 Å². The van der Waals surface area contributed by atoms with Gasteiger partial charge in [0.15, 0.2) is 0 Å². The van der Waals surface area contributed by atoms with Crippen LogP contribution in [0, 0.1) is 6.92 Å². The minimum Gasteiger partial charge on any atom is -0.444 e. The topological polar surface area (TPSA) is 65.6 Å². The number of ether oxygens (including phenoxy) is 1. The summed E-state index contributed by atoms with van der Waals surface area (Å²) < 4.78 is 5.57. The maximum atomic E-state index is 12.5. The Hall–Kier alpha value is -3.12. The van der Waals surface area contributed by atoms with Gasteiger partial charge >= 0.3 is 6.09 Å². The number of nitrogens with one attached hydrogen (secondary N) is 1. The number of carbonyl (C=O) groups excluding carboxylic acids is 1. The van der Waals surface area contributed by atoms with Gasteiger partial charge < -0.3 is 14.6 Å². The smallest absolute Gasteiger partial charge is 0.410 e. The zero-order chi connectivity index (χ0) is 23.3. The molecule has 6 nitrogen and oxygen atoms in total. The van der Waals surface area contributed by atoms with Gasteiger partial charge in [-0.3, -0.25) is 9.69 Å². The fraction of sp³-hybridized carbons (Fsp3) is 0.407. The summed E-state index contributed by atoms with van der Waals surface area (Å²) in [7, 11) is 0. The van der Waals surface area contributed by atoms with Gasteiger partial charge in [0.1, 0.15) is 5.60 Å². The van der Waals surface area contributed by atoms with Gasteiger partial charge in [-0.1, -0.05) is 36.4 Å². The summed E-state index contributed by atoms with van der Waals surface area (Å²) in [4.78, 5) is 32.4. The van der Waals surface area contributed by atoms with Gasteiger partial charge in [0.2, 0.25) is 0 Å². The fourth-order valence-electron chi connectivity index (χ4n) is 5.11. The van der Waals surface area contributed by atoms with E-state index in [1.54, 1.807) is 0 Å². The molecule has 0 unspecified atom stereocenters. The number of aromatic nitrogens is 1. The Morgan fingerprint density at radius 1 is 1.06 bits per heavy atom. The van der Waals surface area contributed by atoms with Crippen molar-refractivity contribution >= 4 is 16.9 Å². The minimum absolute atomic E-state index is 0.0575. The number of nitrogens with zero attached hydrogens (tertiary/aromatic N) is 2. The second kappa shape index (κ2) is 8.03. The predicted molar refractivity (Wildman–Crippen MR) is 130 cm³/mol. The molecule has 6 heteroatoms. The van der Waals surface area contributed by atoms with E-state index in [1.165, 1.54) is 5.56 Å². The van der Waals surface area contributed by atoms with E-state index >= 15 is 0 Å². The zero-order valence-corrected chi connectivity index (χ0v) is 19.7. The third-order valence-corrected chi connectivity index (χ3v) is 6.74. The highest BCUT2D eigenvalue weighted by Crippen LogP contribution is 2.33. The van der Waals surface area contributed by atoms with Crippen LogP contribution in [-0.4, -0.2) is 51.7 Å². The van der Waals surface area contributed by atoms with E-state index < -0.39 is 5.60 Å². The number of fused-ring (bicyclic) bond motifs is 3. The highest BCUT2D eigenvalue weighted by atomic mass is 16.6. The summed E-state index contributed by atoms with van der Waals surface area (Å²) in [5.74, 6) is 0. The van der Waals surface area contributed by atoms with Crippen LogP contribution in [0.15, 0.2) is 53.3 Å². The van der Waals surface area contributed by atoms with Gasteiger partial charge in [-0.15, -0.1) is 0 Å². The first-order valence-electron chi connectivity index (χ1n) is 11.6. The molecule has 33 heavy (non-hydrogen) atoms. The lowest BCUT2D eigenvalue weighted by molar-refractivity contribution is 0.0124. The lowest BCUT2D eigenvalue weighted by atomic mass is 10.0. The number of aromatic amines is 1. The molecule has 0 spiro atoms. The lowest BCUT2D eigenvalue weighted by Crippen LogP contribution is -2.49. The molecule has 3 heterocycles. The highest BCUT2D eigenvalue weighted by Gasteiger charge is 2.46. The molecule has 1 amide bonds. The maximum absolute atomic E-state index is 12.5. The molecular formula is C27H31N3O3. The SMILES string of the molecule is Cc1cccc2c(=O)[nH]c(-c3ccc(CN4C[C@@H]5C[C@H]4CN5C(=O)OC(C)(C)C)cc3)cc12. The quantitative estimate of drug-likeness (QED) is 0.635. The minimum atomic E-state index is -0.464. The molecule has 2 atom stereocenters. The van der Waals surface area contributed by atoms with Gasteiger partial charge in [0, 0.05) is 42.8 Å². The summed E-state index contributed by atoms with van der Waals surface area (Å²) >= 11 is 0. The number of H-pyrrole nitrogens is 1. The van der Waals surface area contributed by atoms with Gasteiger partial charge in [-0.25, -0.2) is 4.79 Å². The van der Waals surface area contributed by atoms with Crippen molar-refractivity contribution < 1.29 is 9.53 Å². The first-order chi connectivity index (χ1) is 15.7. The average molecular weight is 446 g/mol. The van der Waals surface area contributed by atoms with Crippen molar-refractivity contribution in [2.45, 2.75) is 58.3 Å². The van der Waals surface area contributed by atoms with Crippen LogP contribution in [-0.2, 0) is 11.3 Å². The van der Waals surface area contributed by atoms with Crippen molar-refractivity contribution in [1.29, 1.82) is 0 Å². The molecule has 172 valence electrons. The number of hydrogen-bond donors (Lipinski definition) is 1. The number of hydrogen-bond acceptors (Lipinski definition) is 4. The second-order valence-electron chi connectivity index (χ2n) is 10.4. The standard InChI is InChI=1S/C27H31N3O3/c1-17-6-5-7-22-23(17)13-24(28-25(22)31)19-10-8-18(9-11-19)14-29-15-21-12-20(29)16-30(21)26(32)33-27(2,3)4/h5-11,13,20-21H,12,14-16H2,1-4H3,(H,28,31)/t20-,21-/m0/s1. The molecule has 1 N–H and O–H groups in total. The van der Waals surface area contributed by atoms with Crippen molar-refractivity contribution in [3.8, 4) is 11.3 Å². The number of pyridine rings is 1. The van der Waals surface area contributed by atoms with Crippen LogP contribution in [0.1, 0.15) is 38.3 Å². The van der Waals surface area contributed by atoms with Crippen LogP contribution >= 0.6 is 0 Å². The molecule has 5 rings (SSSR count). The maximum Gasteiger partial charge on any atom is 0.410 e. The molecule has 2 aliphatic rings. The van der Waals surface area contributed by atoms with Crippen LogP contribution in [0.3, 0.4) is 0 Å². The Morgan fingerprint density at radius 3 is 2.48 bits per heavy atom. The molecular weight excluding hydrogens is 414 g/mol. The number of likely N-dealkylation sites (tertiary alicyclic amines) is 2. The van der Waals surface area contributed by atoms with Crippen LogP contribution < -0.4 is 5.56 Å². The summed E-state index contributed by atoms with van der Waals surface area (Å²) in [5, 5.41) is 1.71. The Bertz CT molecular complexity index is 1260. The summed E-state index contributed by atoms with van der Waals surface area (Å²) in [5.41, 5.74) is 3.64. The van der Waals surface area contributed by atoms with E-state index in [0.717, 1.165) is 53.6 Å². The number of piperazine rings is 1. The van der Waals surface area contributed by atoms with E-state index in [-0.39, 0.29) is 17.7 Å². The number of amides is 1.